The second-order valence-electron chi connectivity index (χ2n) is 7.39. The van der Waals surface area contributed by atoms with E-state index in [0.717, 1.165) is 16.8 Å². The predicted octanol–water partition coefficient (Wildman–Crippen LogP) is 1.98. The van der Waals surface area contributed by atoms with Gasteiger partial charge in [-0.15, -0.1) is 0 Å². The van der Waals surface area contributed by atoms with Crippen molar-refractivity contribution in [3.05, 3.63) is 71.9 Å². The van der Waals surface area contributed by atoms with Gasteiger partial charge in [0.15, 0.2) is 9.84 Å². The summed E-state index contributed by atoms with van der Waals surface area (Å²) in [4.78, 5) is 16.6. The summed E-state index contributed by atoms with van der Waals surface area (Å²) in [5.41, 5.74) is 3.25. The summed E-state index contributed by atoms with van der Waals surface area (Å²) >= 11 is 0. The van der Waals surface area contributed by atoms with Crippen molar-refractivity contribution in [1.82, 2.24) is 20.1 Å². The number of hydrogen-bond donors (Lipinski definition) is 1. The molecule has 0 spiro atoms. The van der Waals surface area contributed by atoms with E-state index in [4.69, 9.17) is 0 Å². The van der Waals surface area contributed by atoms with Crippen LogP contribution >= 0.6 is 0 Å². The molecule has 156 valence electrons. The zero-order valence-electron chi connectivity index (χ0n) is 16.2. The molecule has 0 saturated carbocycles. The molecule has 1 aliphatic rings. The first-order chi connectivity index (χ1) is 14.4. The Morgan fingerprint density at radius 1 is 1.17 bits per heavy atom. The fourth-order valence-electron chi connectivity index (χ4n) is 3.53. The minimum atomic E-state index is -3.07. The summed E-state index contributed by atoms with van der Waals surface area (Å²) in [7, 11) is -3.07. The molecule has 1 unspecified atom stereocenters. The topological polar surface area (TPSA) is 93.9 Å². The van der Waals surface area contributed by atoms with Crippen LogP contribution in [0.2, 0.25) is 0 Å². The van der Waals surface area contributed by atoms with Crippen LogP contribution in [0.5, 0.6) is 0 Å². The minimum Gasteiger partial charge on any atom is -0.351 e. The molecule has 0 bridgehead atoms. The zero-order valence-corrected chi connectivity index (χ0v) is 17.0. The molecule has 1 aliphatic heterocycles. The van der Waals surface area contributed by atoms with Crippen LogP contribution in [0.1, 0.15) is 17.7 Å². The lowest BCUT2D eigenvalue weighted by molar-refractivity contribution is -0.122. The molecule has 1 saturated heterocycles. The lowest BCUT2D eigenvalue weighted by atomic mass is 10.1. The summed E-state index contributed by atoms with van der Waals surface area (Å²) in [5, 5.41) is 7.37. The van der Waals surface area contributed by atoms with Crippen molar-refractivity contribution in [1.29, 1.82) is 0 Å². The van der Waals surface area contributed by atoms with E-state index in [1.807, 2.05) is 18.2 Å². The lowest BCUT2D eigenvalue weighted by Gasteiger charge is -2.12. The number of sulfone groups is 1. The van der Waals surface area contributed by atoms with E-state index >= 15 is 0 Å². The van der Waals surface area contributed by atoms with E-state index in [1.165, 1.54) is 12.1 Å². The quantitative estimate of drug-likeness (QED) is 0.648. The first-order valence-electron chi connectivity index (χ1n) is 9.59. The van der Waals surface area contributed by atoms with E-state index in [2.05, 4.69) is 15.4 Å². The van der Waals surface area contributed by atoms with Gasteiger partial charge >= 0.3 is 0 Å². The number of aromatic nitrogens is 3. The SMILES string of the molecule is O=C(Cn1nc(-c2ccncc2)cc1Cc1ccc(F)cc1)NC1CCS(=O)(=O)C1. The fourth-order valence-corrected chi connectivity index (χ4v) is 5.20. The molecule has 7 nitrogen and oxygen atoms in total. The Morgan fingerprint density at radius 2 is 1.90 bits per heavy atom. The molecule has 9 heteroatoms. The van der Waals surface area contributed by atoms with Crippen molar-refractivity contribution in [2.75, 3.05) is 11.5 Å². The summed E-state index contributed by atoms with van der Waals surface area (Å²) < 4.78 is 38.1. The van der Waals surface area contributed by atoms with Crippen molar-refractivity contribution >= 4 is 15.7 Å². The van der Waals surface area contributed by atoms with E-state index in [9.17, 15) is 17.6 Å². The van der Waals surface area contributed by atoms with Gasteiger partial charge in [0, 0.05) is 36.1 Å². The largest absolute Gasteiger partial charge is 0.351 e. The Balaban J connectivity index is 1.56. The van der Waals surface area contributed by atoms with Crippen LogP contribution in [-0.2, 0) is 27.6 Å². The number of benzene rings is 1. The third-order valence-electron chi connectivity index (χ3n) is 5.03. The second kappa shape index (κ2) is 8.35. The molecule has 1 amide bonds. The molecule has 0 radical (unpaired) electrons. The van der Waals surface area contributed by atoms with Gasteiger partial charge in [0.05, 0.1) is 17.2 Å². The van der Waals surface area contributed by atoms with Crippen molar-refractivity contribution in [2.24, 2.45) is 0 Å². The molecule has 4 rings (SSSR count). The summed E-state index contributed by atoms with van der Waals surface area (Å²) in [5.74, 6) is -0.526. The fraction of sp³-hybridized carbons (Fsp3) is 0.286. The molecule has 1 N–H and O–H groups in total. The molecule has 30 heavy (non-hydrogen) atoms. The van der Waals surface area contributed by atoms with Crippen molar-refractivity contribution in [3.8, 4) is 11.3 Å². The molecule has 3 aromatic rings. The average molecular weight is 428 g/mol. The molecule has 1 atom stereocenters. The first kappa shape index (κ1) is 20.2. The van der Waals surface area contributed by atoms with Gasteiger partial charge < -0.3 is 5.32 Å². The molecule has 1 fully saturated rings. The Kier molecular flexibility index (Phi) is 5.63. The van der Waals surface area contributed by atoms with Gasteiger partial charge in [-0.25, -0.2) is 12.8 Å². The van der Waals surface area contributed by atoms with Gasteiger partial charge in [0.25, 0.3) is 0 Å². The summed E-state index contributed by atoms with van der Waals surface area (Å²) in [6.07, 6.45) is 4.24. The van der Waals surface area contributed by atoms with Crippen molar-refractivity contribution in [2.45, 2.75) is 25.4 Å². The van der Waals surface area contributed by atoms with Gasteiger partial charge in [0.2, 0.25) is 5.91 Å². The molecule has 0 aliphatic carbocycles. The highest BCUT2D eigenvalue weighted by atomic mass is 32.2. The number of carbonyl (C=O) groups excluding carboxylic acids is 1. The van der Waals surface area contributed by atoms with Crippen molar-refractivity contribution in [3.63, 3.8) is 0 Å². The number of amides is 1. The van der Waals surface area contributed by atoms with Gasteiger partial charge in [0.1, 0.15) is 12.4 Å². The first-order valence-corrected chi connectivity index (χ1v) is 11.4. The van der Waals surface area contributed by atoms with Gasteiger partial charge in [-0.3, -0.25) is 14.5 Å². The third kappa shape index (κ3) is 4.91. The summed E-state index contributed by atoms with van der Waals surface area (Å²) in [6.45, 7) is -0.0296. The van der Waals surface area contributed by atoms with Crippen LogP contribution in [-0.4, -0.2) is 46.6 Å². The maximum Gasteiger partial charge on any atom is 0.241 e. The maximum atomic E-state index is 13.2. The number of hydrogen-bond acceptors (Lipinski definition) is 5. The molecular weight excluding hydrogens is 407 g/mol. The van der Waals surface area contributed by atoms with Crippen molar-refractivity contribution < 1.29 is 17.6 Å². The van der Waals surface area contributed by atoms with Crippen LogP contribution in [0.4, 0.5) is 4.39 Å². The normalized spacial score (nSPS) is 17.7. The number of pyridine rings is 1. The molecule has 2 aromatic heterocycles. The standard InChI is InChI=1S/C21H21FN4O3S/c22-17-3-1-15(2-4-17)11-19-12-20(16-5-8-23-9-6-16)25-26(19)13-21(27)24-18-7-10-30(28,29)14-18/h1-6,8-9,12,18H,7,10-11,13-14H2,(H,24,27). The average Bonchev–Trinajstić information content (AvgIpc) is 3.26. The second-order valence-corrected chi connectivity index (χ2v) is 9.61. The smallest absolute Gasteiger partial charge is 0.241 e. The number of carbonyl (C=O) groups is 1. The third-order valence-corrected chi connectivity index (χ3v) is 6.80. The number of nitrogens with zero attached hydrogens (tertiary/aromatic N) is 3. The van der Waals surface area contributed by atoms with Crippen LogP contribution in [0.15, 0.2) is 54.9 Å². The van der Waals surface area contributed by atoms with Crippen LogP contribution in [0, 0.1) is 5.82 Å². The number of nitrogens with one attached hydrogen (secondary N) is 1. The Labute approximate surface area is 173 Å². The Bertz CT molecular complexity index is 1140. The Morgan fingerprint density at radius 3 is 2.57 bits per heavy atom. The van der Waals surface area contributed by atoms with Gasteiger partial charge in [-0.05, 0) is 42.3 Å². The van der Waals surface area contributed by atoms with E-state index < -0.39 is 9.84 Å². The number of halogens is 1. The van der Waals surface area contributed by atoms with Crippen LogP contribution in [0.25, 0.3) is 11.3 Å². The van der Waals surface area contributed by atoms with Gasteiger partial charge in [-0.2, -0.15) is 5.10 Å². The highest BCUT2D eigenvalue weighted by Gasteiger charge is 2.29. The van der Waals surface area contributed by atoms with E-state index in [-0.39, 0.29) is 35.8 Å². The lowest BCUT2D eigenvalue weighted by Crippen LogP contribution is -2.38. The van der Waals surface area contributed by atoms with E-state index in [1.54, 1.807) is 29.2 Å². The number of rotatable bonds is 6. The van der Waals surface area contributed by atoms with Crippen LogP contribution in [0.3, 0.4) is 0 Å². The predicted molar refractivity (Wildman–Crippen MR) is 110 cm³/mol. The highest BCUT2D eigenvalue weighted by molar-refractivity contribution is 7.91. The maximum absolute atomic E-state index is 13.2. The molecular formula is C21H21FN4O3S. The summed E-state index contributed by atoms with van der Waals surface area (Å²) in [6, 6.07) is 11.4. The Hall–Kier alpha value is -3.07. The minimum absolute atomic E-state index is 0.0252. The van der Waals surface area contributed by atoms with Crippen LogP contribution < -0.4 is 5.32 Å². The monoisotopic (exact) mass is 428 g/mol. The van der Waals surface area contributed by atoms with Gasteiger partial charge in [-0.1, -0.05) is 12.1 Å². The van der Waals surface area contributed by atoms with E-state index in [0.29, 0.717) is 18.5 Å². The zero-order chi connectivity index (χ0) is 21.1. The molecule has 3 heterocycles. The highest BCUT2D eigenvalue weighted by Crippen LogP contribution is 2.21. The molecule has 1 aromatic carbocycles.